The fourth-order valence-electron chi connectivity index (χ4n) is 4.78. The maximum atomic E-state index is 11.9. The lowest BCUT2D eigenvalue weighted by Gasteiger charge is -2.29. The van der Waals surface area contributed by atoms with Crippen molar-refractivity contribution in [1.82, 2.24) is 14.9 Å². The van der Waals surface area contributed by atoms with Crippen LogP contribution in [0.2, 0.25) is 0 Å². The Morgan fingerprint density at radius 2 is 2.00 bits per heavy atom. The molecule has 0 saturated carbocycles. The number of carbonyl (C=O) groups is 1. The highest BCUT2D eigenvalue weighted by atomic mass is 32.1. The molecule has 3 aromatic rings. The predicted molar refractivity (Wildman–Crippen MR) is 144 cm³/mol. The van der Waals surface area contributed by atoms with E-state index < -0.39 is 0 Å². The average Bonchev–Trinajstić information content (AvgIpc) is 3.34. The van der Waals surface area contributed by atoms with E-state index in [1.807, 2.05) is 50.4 Å². The van der Waals surface area contributed by atoms with Crippen molar-refractivity contribution in [3.05, 3.63) is 76.9 Å². The monoisotopic (exact) mass is 491 g/mol. The molecule has 1 amide bonds. The van der Waals surface area contributed by atoms with Gasteiger partial charge in [-0.05, 0) is 80.5 Å². The maximum absolute atomic E-state index is 11.9. The van der Waals surface area contributed by atoms with Gasteiger partial charge in [-0.2, -0.15) is 0 Å². The molecule has 3 heterocycles. The number of methoxy groups -OCH3 is 1. The summed E-state index contributed by atoms with van der Waals surface area (Å²) in [6.07, 6.45) is 2.25. The first-order chi connectivity index (χ1) is 16.8. The van der Waals surface area contributed by atoms with E-state index in [-0.39, 0.29) is 18.0 Å². The number of aromatic nitrogens is 2. The van der Waals surface area contributed by atoms with Crippen LogP contribution in [0.1, 0.15) is 53.6 Å². The zero-order chi connectivity index (χ0) is 25.1. The van der Waals surface area contributed by atoms with Gasteiger partial charge in [0.2, 0.25) is 5.91 Å². The minimum absolute atomic E-state index is 0.00389. The summed E-state index contributed by atoms with van der Waals surface area (Å²) in [5.41, 5.74) is 7.27. The van der Waals surface area contributed by atoms with Gasteiger partial charge in [-0.15, -0.1) is 0 Å². The van der Waals surface area contributed by atoms with E-state index in [1.165, 1.54) is 17.0 Å². The normalized spacial score (nSPS) is 17.5. The van der Waals surface area contributed by atoms with Crippen LogP contribution in [0.5, 0.6) is 0 Å². The number of ether oxygens (including phenoxy) is 1. The van der Waals surface area contributed by atoms with Crippen molar-refractivity contribution in [2.45, 2.75) is 52.7 Å². The highest BCUT2D eigenvalue weighted by molar-refractivity contribution is 7.80. The summed E-state index contributed by atoms with van der Waals surface area (Å²) < 4.78 is 7.64. The lowest BCUT2D eigenvalue weighted by atomic mass is 9.96. The number of hydrogen-bond acceptors (Lipinski definition) is 4. The molecule has 0 aliphatic carbocycles. The minimum atomic E-state index is -0.111. The molecule has 2 N–H and O–H groups in total. The van der Waals surface area contributed by atoms with Crippen LogP contribution in [0, 0.1) is 20.8 Å². The smallest absolute Gasteiger partial charge is 0.224 e. The first kappa shape index (κ1) is 24.9. The second kappa shape index (κ2) is 10.6. The highest BCUT2D eigenvalue weighted by Gasteiger charge is 2.42. The summed E-state index contributed by atoms with van der Waals surface area (Å²) >= 11 is 5.88. The van der Waals surface area contributed by atoms with Crippen LogP contribution in [-0.2, 0) is 16.1 Å². The third-order valence-electron chi connectivity index (χ3n) is 6.63. The van der Waals surface area contributed by atoms with Crippen LogP contribution < -0.4 is 15.5 Å². The Kier molecular flexibility index (Phi) is 7.52. The summed E-state index contributed by atoms with van der Waals surface area (Å²) in [7, 11) is 1.72. The molecule has 0 spiro atoms. The Hall–Kier alpha value is -3.23. The third-order valence-corrected chi connectivity index (χ3v) is 6.95. The van der Waals surface area contributed by atoms with Gasteiger partial charge in [-0.1, -0.05) is 13.0 Å². The lowest BCUT2D eigenvalue weighted by molar-refractivity contribution is -0.115. The molecule has 8 heteroatoms. The zero-order valence-corrected chi connectivity index (χ0v) is 21.8. The largest absolute Gasteiger partial charge is 0.383 e. The molecule has 1 aromatic carbocycles. The van der Waals surface area contributed by atoms with E-state index in [0.29, 0.717) is 18.1 Å². The van der Waals surface area contributed by atoms with Gasteiger partial charge in [0.25, 0.3) is 0 Å². The van der Waals surface area contributed by atoms with Gasteiger partial charge >= 0.3 is 0 Å². The number of anilines is 2. The molecule has 1 aliphatic rings. The second-order valence-corrected chi connectivity index (χ2v) is 9.26. The van der Waals surface area contributed by atoms with Crippen molar-refractivity contribution in [3.8, 4) is 0 Å². The van der Waals surface area contributed by atoms with Gasteiger partial charge in [0.15, 0.2) is 5.11 Å². The molecule has 1 aliphatic heterocycles. The molecule has 2 aromatic heterocycles. The van der Waals surface area contributed by atoms with Gasteiger partial charge in [-0.3, -0.25) is 9.78 Å². The molecule has 1 fully saturated rings. The van der Waals surface area contributed by atoms with E-state index in [1.54, 1.807) is 7.11 Å². The van der Waals surface area contributed by atoms with Gasteiger partial charge < -0.3 is 24.8 Å². The summed E-state index contributed by atoms with van der Waals surface area (Å²) in [6.45, 7) is 9.57. The fourth-order valence-corrected chi connectivity index (χ4v) is 5.13. The number of thiocarbonyl (C=S) groups is 1. The Labute approximate surface area is 212 Å². The number of pyridine rings is 1. The first-order valence-corrected chi connectivity index (χ1v) is 12.3. The topological polar surface area (TPSA) is 71.4 Å². The zero-order valence-electron chi connectivity index (χ0n) is 21.0. The molecule has 0 radical (unpaired) electrons. The van der Waals surface area contributed by atoms with E-state index in [2.05, 4.69) is 51.1 Å². The van der Waals surface area contributed by atoms with Crippen molar-refractivity contribution >= 4 is 34.6 Å². The first-order valence-electron chi connectivity index (χ1n) is 11.9. The number of hydrogen-bond donors (Lipinski definition) is 2. The van der Waals surface area contributed by atoms with Crippen LogP contribution in [0.3, 0.4) is 0 Å². The molecule has 184 valence electrons. The van der Waals surface area contributed by atoms with Crippen LogP contribution in [0.25, 0.3) is 0 Å². The Morgan fingerprint density at radius 1 is 1.20 bits per heavy atom. The third kappa shape index (κ3) is 4.94. The number of aryl methyl sites for hydroxylation is 2. The molecule has 0 bridgehead atoms. The van der Waals surface area contributed by atoms with Gasteiger partial charge in [0.05, 0.1) is 24.4 Å². The molecule has 1 saturated heterocycles. The van der Waals surface area contributed by atoms with Crippen LogP contribution in [0.15, 0.2) is 48.7 Å². The van der Waals surface area contributed by atoms with E-state index in [4.69, 9.17) is 17.0 Å². The molecular weight excluding hydrogens is 458 g/mol. The van der Waals surface area contributed by atoms with Crippen molar-refractivity contribution in [2.75, 3.05) is 23.9 Å². The number of amides is 1. The van der Waals surface area contributed by atoms with Crippen LogP contribution in [0.4, 0.5) is 11.4 Å². The van der Waals surface area contributed by atoms with E-state index >= 15 is 0 Å². The molecule has 2 atom stereocenters. The SMILES string of the molecule is CCC(=O)Nc1ccc(N2C(=S)N[C@H](c3ccccn3)[C@@H]2c2cc(C)n(CCOC)c2C)cc1C. The van der Waals surface area contributed by atoms with E-state index in [0.717, 1.165) is 29.2 Å². The average molecular weight is 492 g/mol. The molecule has 4 rings (SSSR count). The highest BCUT2D eigenvalue weighted by Crippen LogP contribution is 2.43. The number of benzene rings is 1. The minimum Gasteiger partial charge on any atom is -0.383 e. The van der Waals surface area contributed by atoms with Crippen molar-refractivity contribution in [3.63, 3.8) is 0 Å². The molecule has 0 unspecified atom stereocenters. The van der Waals surface area contributed by atoms with Crippen LogP contribution >= 0.6 is 12.2 Å². The van der Waals surface area contributed by atoms with Crippen molar-refractivity contribution in [1.29, 1.82) is 0 Å². The quantitative estimate of drug-likeness (QED) is 0.433. The molecule has 7 nitrogen and oxygen atoms in total. The standard InChI is InChI=1S/C27H33N5O2S/c1-6-24(33)29-22-11-10-20(15-17(22)2)32-26(21-16-18(3)31(19(21)4)13-14-34-5)25(30-27(32)35)23-9-7-8-12-28-23/h7-12,15-16,25-26H,6,13-14H2,1-5H3,(H,29,33)(H,30,35)/t25-,26+/m1/s1. The Bertz CT molecular complexity index is 1220. The Balaban J connectivity index is 1.80. The number of rotatable bonds is 8. The number of nitrogens with zero attached hydrogens (tertiary/aromatic N) is 3. The Morgan fingerprint density at radius 3 is 2.66 bits per heavy atom. The summed E-state index contributed by atoms with van der Waals surface area (Å²) in [5.74, 6) is -0.00389. The van der Waals surface area contributed by atoms with Gasteiger partial charge in [0, 0.05) is 49.0 Å². The van der Waals surface area contributed by atoms with Crippen molar-refractivity contribution < 1.29 is 9.53 Å². The van der Waals surface area contributed by atoms with Gasteiger partial charge in [0.1, 0.15) is 0 Å². The second-order valence-electron chi connectivity index (χ2n) is 8.87. The molecular formula is C27H33N5O2S. The summed E-state index contributed by atoms with van der Waals surface area (Å²) in [5, 5.41) is 7.16. The fraction of sp³-hybridized carbons (Fsp3) is 0.370. The van der Waals surface area contributed by atoms with Crippen molar-refractivity contribution in [2.24, 2.45) is 0 Å². The lowest BCUT2D eigenvalue weighted by Crippen LogP contribution is -2.29. The summed E-state index contributed by atoms with van der Waals surface area (Å²) in [6, 6.07) is 14.1. The van der Waals surface area contributed by atoms with Gasteiger partial charge in [-0.25, -0.2) is 0 Å². The number of carbonyl (C=O) groups excluding carboxylic acids is 1. The maximum Gasteiger partial charge on any atom is 0.224 e. The van der Waals surface area contributed by atoms with Crippen LogP contribution in [-0.4, -0.2) is 34.3 Å². The van der Waals surface area contributed by atoms with E-state index in [9.17, 15) is 4.79 Å². The predicted octanol–water partition coefficient (Wildman–Crippen LogP) is 4.98. The summed E-state index contributed by atoms with van der Waals surface area (Å²) in [4.78, 5) is 18.8. The number of nitrogens with one attached hydrogen (secondary N) is 2. The molecule has 35 heavy (non-hydrogen) atoms.